The number of thioether (sulfide) groups is 1. The molecule has 1 aromatic carbocycles. The molecule has 2 aromatic rings. The lowest BCUT2D eigenvalue weighted by Crippen LogP contribution is -2.28. The number of rotatable bonds is 4. The van der Waals surface area contributed by atoms with Gasteiger partial charge in [-0.05, 0) is 24.5 Å². The quantitative estimate of drug-likeness (QED) is 0.870. The molecule has 1 fully saturated rings. The average molecular weight is 313 g/mol. The third-order valence-corrected chi connectivity index (χ3v) is 5.06. The molecule has 114 valence electrons. The van der Waals surface area contributed by atoms with Crippen molar-refractivity contribution in [3.8, 4) is 0 Å². The van der Waals surface area contributed by atoms with Crippen LogP contribution in [0.25, 0.3) is 0 Å². The van der Waals surface area contributed by atoms with Gasteiger partial charge >= 0.3 is 0 Å². The molecule has 1 unspecified atom stereocenters. The zero-order chi connectivity index (χ0) is 15.5. The van der Waals surface area contributed by atoms with E-state index in [9.17, 15) is 4.79 Å². The van der Waals surface area contributed by atoms with Gasteiger partial charge < -0.3 is 4.90 Å². The van der Waals surface area contributed by atoms with E-state index in [1.54, 1.807) is 24.2 Å². The van der Waals surface area contributed by atoms with E-state index in [1.165, 1.54) is 11.1 Å². The van der Waals surface area contributed by atoms with Crippen LogP contribution >= 0.6 is 11.8 Å². The van der Waals surface area contributed by atoms with Gasteiger partial charge in [0.05, 0.1) is 29.9 Å². The molecule has 1 amide bonds. The summed E-state index contributed by atoms with van der Waals surface area (Å²) in [7, 11) is 0. The second-order valence-electron chi connectivity index (χ2n) is 5.43. The van der Waals surface area contributed by atoms with E-state index in [2.05, 4.69) is 41.2 Å². The molecule has 3 rings (SSSR count). The van der Waals surface area contributed by atoms with Crippen molar-refractivity contribution in [2.45, 2.75) is 32.2 Å². The van der Waals surface area contributed by atoms with Crippen molar-refractivity contribution in [3.05, 3.63) is 59.2 Å². The molecule has 5 heteroatoms. The van der Waals surface area contributed by atoms with Gasteiger partial charge in [0.2, 0.25) is 5.91 Å². The lowest BCUT2D eigenvalue weighted by Gasteiger charge is -2.24. The number of amides is 1. The van der Waals surface area contributed by atoms with E-state index in [0.29, 0.717) is 12.3 Å². The first-order valence-corrected chi connectivity index (χ1v) is 8.49. The van der Waals surface area contributed by atoms with E-state index < -0.39 is 0 Å². The first kappa shape index (κ1) is 15.0. The van der Waals surface area contributed by atoms with Crippen molar-refractivity contribution in [1.82, 2.24) is 14.9 Å². The highest BCUT2D eigenvalue weighted by molar-refractivity contribution is 8.00. The number of nitrogens with zero attached hydrogens (tertiary/aromatic N) is 3. The Morgan fingerprint density at radius 1 is 1.23 bits per heavy atom. The van der Waals surface area contributed by atoms with Crippen LogP contribution in [0.5, 0.6) is 0 Å². The van der Waals surface area contributed by atoms with Gasteiger partial charge in [-0.1, -0.05) is 31.2 Å². The van der Waals surface area contributed by atoms with Gasteiger partial charge in [0, 0.05) is 6.20 Å². The van der Waals surface area contributed by atoms with Crippen molar-refractivity contribution < 1.29 is 4.79 Å². The monoisotopic (exact) mass is 313 g/mol. The van der Waals surface area contributed by atoms with Gasteiger partial charge in [0.15, 0.2) is 0 Å². The zero-order valence-electron chi connectivity index (χ0n) is 12.8. The van der Waals surface area contributed by atoms with Crippen LogP contribution in [0.1, 0.15) is 34.8 Å². The van der Waals surface area contributed by atoms with Crippen molar-refractivity contribution in [1.29, 1.82) is 0 Å². The van der Waals surface area contributed by atoms with E-state index in [4.69, 9.17) is 0 Å². The molecule has 0 N–H and O–H groups in total. The summed E-state index contributed by atoms with van der Waals surface area (Å²) in [6, 6.07) is 8.54. The molecule has 1 aliphatic heterocycles. The van der Waals surface area contributed by atoms with Crippen molar-refractivity contribution >= 4 is 17.7 Å². The first-order valence-electron chi connectivity index (χ1n) is 7.45. The Morgan fingerprint density at radius 3 is 2.64 bits per heavy atom. The Labute approximate surface area is 135 Å². The first-order chi connectivity index (χ1) is 10.7. The number of carbonyl (C=O) groups is 1. The SMILES string of the molecule is CCc1ccc(C2SCC(=O)N2Cc2cnc(C)cn2)cc1. The molecule has 4 nitrogen and oxygen atoms in total. The van der Waals surface area contributed by atoms with Crippen molar-refractivity contribution in [3.63, 3.8) is 0 Å². The number of benzene rings is 1. The van der Waals surface area contributed by atoms with Crippen LogP contribution in [0.2, 0.25) is 0 Å². The molecule has 22 heavy (non-hydrogen) atoms. The Bertz CT molecular complexity index is 655. The molecule has 1 aromatic heterocycles. The maximum Gasteiger partial charge on any atom is 0.234 e. The van der Waals surface area contributed by atoms with E-state index >= 15 is 0 Å². The number of aryl methyl sites for hydroxylation is 2. The van der Waals surface area contributed by atoms with Crippen molar-refractivity contribution in [2.24, 2.45) is 0 Å². The highest BCUT2D eigenvalue weighted by Crippen LogP contribution is 2.39. The number of aromatic nitrogens is 2. The number of carbonyl (C=O) groups excluding carboxylic acids is 1. The van der Waals surface area contributed by atoms with Gasteiger partial charge in [-0.25, -0.2) is 0 Å². The Morgan fingerprint density at radius 2 is 2.00 bits per heavy atom. The summed E-state index contributed by atoms with van der Waals surface area (Å²) in [5, 5.41) is 0.0708. The molecule has 0 bridgehead atoms. The van der Waals surface area contributed by atoms with Gasteiger partial charge in [-0.3, -0.25) is 14.8 Å². The van der Waals surface area contributed by atoms with Crippen LogP contribution in [0.15, 0.2) is 36.7 Å². The predicted octanol–water partition coefficient (Wildman–Crippen LogP) is 3.12. The summed E-state index contributed by atoms with van der Waals surface area (Å²) in [5.74, 6) is 0.691. The van der Waals surface area contributed by atoms with Crippen LogP contribution in [0.4, 0.5) is 0 Å². The Balaban J connectivity index is 1.80. The summed E-state index contributed by atoms with van der Waals surface area (Å²) < 4.78 is 0. The largest absolute Gasteiger partial charge is 0.320 e. The Kier molecular flexibility index (Phi) is 4.43. The second kappa shape index (κ2) is 6.48. The zero-order valence-corrected chi connectivity index (χ0v) is 13.6. The van der Waals surface area contributed by atoms with E-state index in [0.717, 1.165) is 17.8 Å². The average Bonchev–Trinajstić information content (AvgIpc) is 2.91. The van der Waals surface area contributed by atoms with E-state index in [1.807, 2.05) is 11.8 Å². The highest BCUT2D eigenvalue weighted by atomic mass is 32.2. The summed E-state index contributed by atoms with van der Waals surface area (Å²) in [6.07, 6.45) is 4.52. The molecule has 0 radical (unpaired) electrons. The third kappa shape index (κ3) is 3.14. The van der Waals surface area contributed by atoms with Crippen LogP contribution in [-0.2, 0) is 17.8 Å². The molecule has 0 spiro atoms. The van der Waals surface area contributed by atoms with Crippen LogP contribution in [0.3, 0.4) is 0 Å². The second-order valence-corrected chi connectivity index (χ2v) is 6.50. The fraction of sp³-hybridized carbons (Fsp3) is 0.353. The van der Waals surface area contributed by atoms with Gasteiger partial charge in [-0.2, -0.15) is 0 Å². The minimum atomic E-state index is 0.0708. The van der Waals surface area contributed by atoms with Crippen molar-refractivity contribution in [2.75, 3.05) is 5.75 Å². The molecular weight excluding hydrogens is 294 g/mol. The third-order valence-electron chi connectivity index (χ3n) is 3.81. The molecular formula is C17H19N3OS. The molecule has 1 saturated heterocycles. The lowest BCUT2D eigenvalue weighted by molar-refractivity contribution is -0.128. The van der Waals surface area contributed by atoms with Gasteiger partial charge in [-0.15, -0.1) is 11.8 Å². The van der Waals surface area contributed by atoms with Crippen LogP contribution in [-0.4, -0.2) is 26.5 Å². The maximum atomic E-state index is 12.2. The summed E-state index contributed by atoms with van der Waals surface area (Å²) in [5.41, 5.74) is 4.20. The fourth-order valence-corrected chi connectivity index (χ4v) is 3.68. The van der Waals surface area contributed by atoms with Gasteiger partial charge in [0.1, 0.15) is 5.37 Å². The molecule has 0 aliphatic carbocycles. The molecule has 1 atom stereocenters. The molecule has 2 heterocycles. The number of hydrogen-bond acceptors (Lipinski definition) is 4. The fourth-order valence-electron chi connectivity index (χ4n) is 2.49. The van der Waals surface area contributed by atoms with E-state index in [-0.39, 0.29) is 11.3 Å². The van der Waals surface area contributed by atoms with Crippen LogP contribution < -0.4 is 0 Å². The summed E-state index contributed by atoms with van der Waals surface area (Å²) >= 11 is 1.68. The molecule has 1 aliphatic rings. The topological polar surface area (TPSA) is 46.1 Å². The Hall–Kier alpha value is -1.88. The lowest BCUT2D eigenvalue weighted by atomic mass is 10.1. The minimum absolute atomic E-state index is 0.0708. The standard InChI is InChI=1S/C17H19N3OS/c1-3-13-4-6-14(7-5-13)17-20(16(21)11-22-17)10-15-9-18-12(2)8-19-15/h4-9,17H,3,10-11H2,1-2H3. The molecule has 0 saturated carbocycles. The predicted molar refractivity (Wildman–Crippen MR) is 88.3 cm³/mol. The smallest absolute Gasteiger partial charge is 0.234 e. The van der Waals surface area contributed by atoms with Gasteiger partial charge in [0.25, 0.3) is 0 Å². The number of hydrogen-bond donors (Lipinski definition) is 0. The normalized spacial score (nSPS) is 18.0. The minimum Gasteiger partial charge on any atom is -0.320 e. The highest BCUT2D eigenvalue weighted by Gasteiger charge is 2.33. The summed E-state index contributed by atoms with van der Waals surface area (Å²) in [4.78, 5) is 22.7. The summed E-state index contributed by atoms with van der Waals surface area (Å²) in [6.45, 7) is 4.57. The maximum absolute atomic E-state index is 12.2. The van der Waals surface area contributed by atoms with Crippen LogP contribution in [0, 0.1) is 6.92 Å².